The van der Waals surface area contributed by atoms with Crippen LogP contribution in [0, 0.1) is 5.82 Å². The number of halogens is 3. The Morgan fingerprint density at radius 1 is 1.21 bits per heavy atom. The Balaban J connectivity index is 1.53. The molecule has 0 atom stereocenters. The summed E-state index contributed by atoms with van der Waals surface area (Å²) in [7, 11) is 0. The van der Waals surface area contributed by atoms with E-state index in [1.807, 2.05) is 0 Å². The highest BCUT2D eigenvalue weighted by molar-refractivity contribution is 6.31. The Hall–Kier alpha value is -1.63. The number of amides is 1. The molecular formula is C16H17Cl2FN4O. The third-order valence-corrected chi connectivity index (χ3v) is 4.62. The van der Waals surface area contributed by atoms with E-state index in [9.17, 15) is 9.18 Å². The zero-order valence-corrected chi connectivity index (χ0v) is 14.5. The SMILES string of the molecule is O=C(Cn1cc(Cl)cn1)N1CCN(Cc2c(F)cccc2Cl)CC1. The van der Waals surface area contributed by atoms with E-state index in [1.165, 1.54) is 16.9 Å². The first-order valence-corrected chi connectivity index (χ1v) is 8.39. The van der Waals surface area contributed by atoms with Crippen LogP contribution in [0.15, 0.2) is 30.6 Å². The minimum Gasteiger partial charge on any atom is -0.339 e. The van der Waals surface area contributed by atoms with Crippen molar-refractivity contribution in [2.24, 2.45) is 0 Å². The summed E-state index contributed by atoms with van der Waals surface area (Å²) in [6.45, 7) is 3.17. The lowest BCUT2D eigenvalue weighted by Gasteiger charge is -2.35. The van der Waals surface area contributed by atoms with E-state index in [4.69, 9.17) is 23.2 Å². The van der Waals surface area contributed by atoms with Crippen molar-refractivity contribution in [1.29, 1.82) is 0 Å². The van der Waals surface area contributed by atoms with Gasteiger partial charge in [0.25, 0.3) is 0 Å². The van der Waals surface area contributed by atoms with Gasteiger partial charge in [-0.2, -0.15) is 5.10 Å². The second-order valence-electron chi connectivity index (χ2n) is 5.71. The number of aromatic nitrogens is 2. The molecule has 5 nitrogen and oxygen atoms in total. The highest BCUT2D eigenvalue weighted by atomic mass is 35.5. The molecule has 1 aromatic heterocycles. The number of hydrogen-bond donors (Lipinski definition) is 0. The smallest absolute Gasteiger partial charge is 0.244 e. The molecule has 0 bridgehead atoms. The zero-order chi connectivity index (χ0) is 17.1. The Bertz CT molecular complexity index is 708. The van der Waals surface area contributed by atoms with Crippen LogP contribution in [0.3, 0.4) is 0 Å². The van der Waals surface area contributed by atoms with Crippen LogP contribution in [0.25, 0.3) is 0 Å². The molecular weight excluding hydrogens is 354 g/mol. The van der Waals surface area contributed by atoms with Crippen molar-refractivity contribution in [2.75, 3.05) is 26.2 Å². The first-order valence-electron chi connectivity index (χ1n) is 7.64. The lowest BCUT2D eigenvalue weighted by molar-refractivity contribution is -0.133. The van der Waals surface area contributed by atoms with Gasteiger partial charge >= 0.3 is 0 Å². The highest BCUT2D eigenvalue weighted by Gasteiger charge is 2.22. The van der Waals surface area contributed by atoms with E-state index in [1.54, 1.807) is 23.2 Å². The van der Waals surface area contributed by atoms with Crippen LogP contribution in [0.5, 0.6) is 0 Å². The van der Waals surface area contributed by atoms with Crippen LogP contribution >= 0.6 is 23.2 Å². The summed E-state index contributed by atoms with van der Waals surface area (Å²) in [5.41, 5.74) is 0.505. The molecule has 3 rings (SSSR count). The van der Waals surface area contributed by atoms with E-state index in [2.05, 4.69) is 10.00 Å². The molecule has 1 fully saturated rings. The molecule has 0 saturated carbocycles. The summed E-state index contributed by atoms with van der Waals surface area (Å²) in [6.07, 6.45) is 3.13. The molecule has 0 radical (unpaired) electrons. The van der Waals surface area contributed by atoms with E-state index >= 15 is 0 Å². The van der Waals surface area contributed by atoms with Gasteiger partial charge in [0.15, 0.2) is 0 Å². The van der Waals surface area contributed by atoms with Gasteiger partial charge in [-0.3, -0.25) is 14.4 Å². The molecule has 2 heterocycles. The number of piperazine rings is 1. The number of benzene rings is 1. The van der Waals surface area contributed by atoms with E-state index in [0.717, 1.165) is 0 Å². The van der Waals surface area contributed by atoms with Gasteiger partial charge in [-0.15, -0.1) is 0 Å². The maximum atomic E-state index is 13.9. The van der Waals surface area contributed by atoms with Crippen LogP contribution in [0.4, 0.5) is 4.39 Å². The molecule has 0 aliphatic carbocycles. The summed E-state index contributed by atoms with van der Waals surface area (Å²) in [6, 6.07) is 4.70. The van der Waals surface area contributed by atoms with Crippen molar-refractivity contribution in [1.82, 2.24) is 19.6 Å². The molecule has 1 aliphatic rings. The molecule has 8 heteroatoms. The molecule has 24 heavy (non-hydrogen) atoms. The monoisotopic (exact) mass is 370 g/mol. The molecule has 0 N–H and O–H groups in total. The van der Waals surface area contributed by atoms with Gasteiger partial charge < -0.3 is 4.90 Å². The van der Waals surface area contributed by atoms with Crippen molar-refractivity contribution in [3.8, 4) is 0 Å². The summed E-state index contributed by atoms with van der Waals surface area (Å²) < 4.78 is 15.4. The number of carbonyl (C=O) groups is 1. The molecule has 1 saturated heterocycles. The van der Waals surface area contributed by atoms with E-state index < -0.39 is 0 Å². The van der Waals surface area contributed by atoms with Crippen LogP contribution in [0.2, 0.25) is 10.0 Å². The van der Waals surface area contributed by atoms with Gasteiger partial charge in [-0.25, -0.2) is 4.39 Å². The largest absolute Gasteiger partial charge is 0.339 e. The average Bonchev–Trinajstić information content (AvgIpc) is 2.96. The van der Waals surface area contributed by atoms with Crippen molar-refractivity contribution in [2.45, 2.75) is 13.1 Å². The minimum atomic E-state index is -0.295. The molecule has 1 amide bonds. The number of nitrogens with zero attached hydrogens (tertiary/aromatic N) is 4. The van der Waals surface area contributed by atoms with Crippen molar-refractivity contribution < 1.29 is 9.18 Å². The minimum absolute atomic E-state index is 0.00154. The normalized spacial score (nSPS) is 15.7. The van der Waals surface area contributed by atoms with Crippen LogP contribution in [-0.4, -0.2) is 51.7 Å². The lowest BCUT2D eigenvalue weighted by atomic mass is 10.2. The molecule has 0 spiro atoms. The van der Waals surface area contributed by atoms with Gasteiger partial charge in [0.2, 0.25) is 5.91 Å². The van der Waals surface area contributed by atoms with E-state index in [0.29, 0.717) is 48.3 Å². The second-order valence-corrected chi connectivity index (χ2v) is 6.56. The van der Waals surface area contributed by atoms with E-state index in [-0.39, 0.29) is 18.3 Å². The van der Waals surface area contributed by atoms with Crippen LogP contribution < -0.4 is 0 Å². The van der Waals surface area contributed by atoms with Gasteiger partial charge in [0.05, 0.1) is 11.2 Å². The average molecular weight is 371 g/mol. The first kappa shape index (κ1) is 17.2. The van der Waals surface area contributed by atoms with Crippen molar-refractivity contribution in [3.63, 3.8) is 0 Å². The second kappa shape index (κ2) is 7.51. The maximum Gasteiger partial charge on any atom is 0.244 e. The Morgan fingerprint density at radius 2 is 1.96 bits per heavy atom. The third kappa shape index (κ3) is 4.06. The summed E-state index contributed by atoms with van der Waals surface area (Å²) in [5, 5.41) is 4.95. The van der Waals surface area contributed by atoms with Gasteiger partial charge in [0, 0.05) is 49.5 Å². The predicted molar refractivity (Wildman–Crippen MR) is 90.5 cm³/mol. The first-order chi connectivity index (χ1) is 11.5. The van der Waals surface area contributed by atoms with Crippen LogP contribution in [-0.2, 0) is 17.9 Å². The fourth-order valence-corrected chi connectivity index (χ4v) is 3.10. The van der Waals surface area contributed by atoms with Crippen molar-refractivity contribution >= 4 is 29.1 Å². The molecule has 1 aliphatic heterocycles. The molecule has 0 unspecified atom stereocenters. The quantitative estimate of drug-likeness (QED) is 0.830. The highest BCUT2D eigenvalue weighted by Crippen LogP contribution is 2.21. The van der Waals surface area contributed by atoms with Crippen LogP contribution in [0.1, 0.15) is 5.56 Å². The zero-order valence-electron chi connectivity index (χ0n) is 13.0. The van der Waals surface area contributed by atoms with Gasteiger partial charge in [-0.05, 0) is 12.1 Å². The van der Waals surface area contributed by atoms with Crippen molar-refractivity contribution in [3.05, 3.63) is 52.0 Å². The molecule has 128 valence electrons. The van der Waals surface area contributed by atoms with Gasteiger partial charge in [-0.1, -0.05) is 29.3 Å². The Morgan fingerprint density at radius 3 is 2.58 bits per heavy atom. The molecule has 2 aromatic rings. The fraction of sp³-hybridized carbons (Fsp3) is 0.375. The maximum absolute atomic E-state index is 13.9. The lowest BCUT2D eigenvalue weighted by Crippen LogP contribution is -2.49. The Kier molecular flexibility index (Phi) is 5.38. The topological polar surface area (TPSA) is 41.4 Å². The predicted octanol–water partition coefficient (Wildman–Crippen LogP) is 2.67. The third-order valence-electron chi connectivity index (χ3n) is 4.07. The Labute approximate surface area is 149 Å². The molecule has 1 aromatic carbocycles. The number of hydrogen-bond acceptors (Lipinski definition) is 3. The number of carbonyl (C=O) groups excluding carboxylic acids is 1. The summed E-state index contributed by atoms with van der Waals surface area (Å²) in [5.74, 6) is -0.296. The summed E-state index contributed by atoms with van der Waals surface area (Å²) >= 11 is 11.9. The number of rotatable bonds is 4. The van der Waals surface area contributed by atoms with Gasteiger partial charge in [0.1, 0.15) is 12.4 Å². The fourth-order valence-electron chi connectivity index (χ4n) is 2.73. The summed E-state index contributed by atoms with van der Waals surface area (Å²) in [4.78, 5) is 16.2. The standard InChI is InChI=1S/C16H17Cl2FN4O/c17-12-8-20-23(9-12)11-16(24)22-6-4-21(5-7-22)10-13-14(18)2-1-3-15(13)19/h1-3,8-9H,4-7,10-11H2.